The molecule has 17 heavy (non-hydrogen) atoms. The lowest BCUT2D eigenvalue weighted by molar-refractivity contribution is -0.125. The van der Waals surface area contributed by atoms with Gasteiger partial charge in [0.2, 0.25) is 0 Å². The number of hydrogen-bond acceptors (Lipinski definition) is 4. The van der Waals surface area contributed by atoms with E-state index in [0.29, 0.717) is 5.69 Å². The molecule has 4 nitrogen and oxygen atoms in total. The van der Waals surface area contributed by atoms with Gasteiger partial charge < -0.3 is 0 Å². The minimum absolute atomic E-state index is 0.0178. The topological polar surface area (TPSA) is 59.9 Å². The molecule has 0 saturated carbocycles. The van der Waals surface area contributed by atoms with E-state index in [1.165, 1.54) is 6.92 Å². The zero-order valence-electron chi connectivity index (χ0n) is 9.51. The number of fused-ring (bicyclic) bond motifs is 1. The van der Waals surface area contributed by atoms with Crippen LogP contribution in [-0.4, -0.2) is 21.5 Å². The Labute approximate surface area is 98.7 Å². The first-order valence-corrected chi connectivity index (χ1v) is 5.36. The molecule has 0 radical (unpaired) electrons. The van der Waals surface area contributed by atoms with Crippen LogP contribution >= 0.6 is 0 Å². The van der Waals surface area contributed by atoms with Crippen LogP contribution in [0.3, 0.4) is 0 Å². The Kier molecular flexibility index (Phi) is 3.23. The normalized spacial score (nSPS) is 10.4. The van der Waals surface area contributed by atoms with Gasteiger partial charge in [0.1, 0.15) is 11.6 Å². The van der Waals surface area contributed by atoms with E-state index >= 15 is 0 Å². The molecule has 0 spiro atoms. The summed E-state index contributed by atoms with van der Waals surface area (Å²) in [5.41, 5.74) is 1.50. The van der Waals surface area contributed by atoms with E-state index in [9.17, 15) is 9.59 Å². The zero-order chi connectivity index (χ0) is 12.3. The van der Waals surface area contributed by atoms with Gasteiger partial charge in [-0.15, -0.1) is 0 Å². The molecule has 0 fully saturated rings. The van der Waals surface area contributed by atoms with Gasteiger partial charge in [0.05, 0.1) is 11.9 Å². The maximum absolute atomic E-state index is 11.5. The van der Waals surface area contributed by atoms with E-state index in [2.05, 4.69) is 9.97 Å². The van der Waals surface area contributed by atoms with E-state index in [0.717, 1.165) is 10.9 Å². The molecular formula is C13H12N2O2. The first-order chi connectivity index (χ1) is 8.15. The van der Waals surface area contributed by atoms with Crippen molar-refractivity contribution >= 4 is 22.5 Å². The monoisotopic (exact) mass is 228 g/mol. The summed E-state index contributed by atoms with van der Waals surface area (Å²) in [6.07, 6.45) is 3.58. The van der Waals surface area contributed by atoms with Crippen molar-refractivity contribution in [2.45, 2.75) is 19.8 Å². The summed E-state index contributed by atoms with van der Waals surface area (Å²) < 4.78 is 0. The molecule has 0 aliphatic rings. The van der Waals surface area contributed by atoms with Gasteiger partial charge in [-0.3, -0.25) is 19.6 Å². The van der Waals surface area contributed by atoms with Crippen LogP contribution in [0.25, 0.3) is 10.9 Å². The van der Waals surface area contributed by atoms with Gasteiger partial charge >= 0.3 is 0 Å². The van der Waals surface area contributed by atoms with Crippen LogP contribution in [0.1, 0.15) is 19.0 Å². The van der Waals surface area contributed by atoms with Crippen LogP contribution in [-0.2, 0) is 16.0 Å². The highest BCUT2D eigenvalue weighted by atomic mass is 16.1. The average molecular weight is 228 g/mol. The van der Waals surface area contributed by atoms with E-state index in [1.54, 1.807) is 24.5 Å². The van der Waals surface area contributed by atoms with Crippen LogP contribution in [0.5, 0.6) is 0 Å². The SMILES string of the molecule is CC(=O)CC(=O)Cc1ccc2cnccc2n1. The third-order valence-electron chi connectivity index (χ3n) is 2.37. The molecule has 0 unspecified atom stereocenters. The quantitative estimate of drug-likeness (QED) is 0.747. The fourth-order valence-corrected chi connectivity index (χ4v) is 1.65. The van der Waals surface area contributed by atoms with Crippen molar-refractivity contribution in [3.8, 4) is 0 Å². The second-order valence-electron chi connectivity index (χ2n) is 3.97. The lowest BCUT2D eigenvalue weighted by atomic mass is 10.1. The zero-order valence-corrected chi connectivity index (χ0v) is 9.51. The number of aromatic nitrogens is 2. The van der Waals surface area contributed by atoms with Gasteiger partial charge in [0, 0.05) is 29.9 Å². The smallest absolute Gasteiger partial charge is 0.146 e. The van der Waals surface area contributed by atoms with E-state index < -0.39 is 0 Å². The number of nitrogens with zero attached hydrogens (tertiary/aromatic N) is 2. The number of pyridine rings is 2. The number of carbonyl (C=O) groups is 2. The maximum atomic E-state index is 11.5. The third kappa shape index (κ3) is 2.93. The van der Waals surface area contributed by atoms with Gasteiger partial charge in [-0.05, 0) is 25.1 Å². The predicted octanol–water partition coefficient (Wildman–Crippen LogP) is 1.72. The van der Waals surface area contributed by atoms with Crippen LogP contribution in [0, 0.1) is 0 Å². The maximum Gasteiger partial charge on any atom is 0.146 e. The summed E-state index contributed by atoms with van der Waals surface area (Å²) in [4.78, 5) is 30.6. The van der Waals surface area contributed by atoms with Crippen molar-refractivity contribution in [1.29, 1.82) is 0 Å². The summed E-state index contributed by atoms with van der Waals surface area (Å²) in [5.74, 6) is -0.210. The van der Waals surface area contributed by atoms with Crippen LogP contribution in [0.15, 0.2) is 30.6 Å². The molecule has 2 aromatic heterocycles. The van der Waals surface area contributed by atoms with Crippen LogP contribution < -0.4 is 0 Å². The summed E-state index contributed by atoms with van der Waals surface area (Å²) in [6.45, 7) is 1.41. The predicted molar refractivity (Wildman–Crippen MR) is 63.5 cm³/mol. The number of carbonyl (C=O) groups excluding carboxylic acids is 2. The fraction of sp³-hybridized carbons (Fsp3) is 0.231. The highest BCUT2D eigenvalue weighted by Gasteiger charge is 2.08. The van der Waals surface area contributed by atoms with Crippen LogP contribution in [0.2, 0.25) is 0 Å². The number of ketones is 2. The largest absolute Gasteiger partial charge is 0.300 e. The molecule has 0 saturated heterocycles. The molecule has 86 valence electrons. The van der Waals surface area contributed by atoms with Crippen molar-refractivity contribution in [2.75, 3.05) is 0 Å². The van der Waals surface area contributed by atoms with Crippen molar-refractivity contribution in [2.24, 2.45) is 0 Å². The summed E-state index contributed by atoms with van der Waals surface area (Å²) >= 11 is 0. The molecule has 0 aliphatic heterocycles. The van der Waals surface area contributed by atoms with Crippen molar-refractivity contribution in [3.05, 3.63) is 36.3 Å². The summed E-state index contributed by atoms with van der Waals surface area (Å²) in [7, 11) is 0. The first kappa shape index (κ1) is 11.4. The molecule has 2 heterocycles. The number of Topliss-reactive ketones (excluding diaryl/α,β-unsaturated/α-hetero) is 2. The standard InChI is InChI=1S/C13H12N2O2/c1-9(16)6-12(17)7-11-3-2-10-8-14-5-4-13(10)15-11/h2-5,8H,6-7H2,1H3. The van der Waals surface area contributed by atoms with Gasteiger partial charge in [-0.1, -0.05) is 0 Å². The molecule has 0 aliphatic carbocycles. The first-order valence-electron chi connectivity index (χ1n) is 5.36. The van der Waals surface area contributed by atoms with Crippen molar-refractivity contribution < 1.29 is 9.59 Å². The third-order valence-corrected chi connectivity index (χ3v) is 2.37. The lowest BCUT2D eigenvalue weighted by Gasteiger charge is -2.01. The molecule has 0 N–H and O–H groups in total. The molecular weight excluding hydrogens is 216 g/mol. The Morgan fingerprint density at radius 1 is 1.24 bits per heavy atom. The van der Waals surface area contributed by atoms with Gasteiger partial charge in [-0.2, -0.15) is 0 Å². The van der Waals surface area contributed by atoms with Crippen LogP contribution in [0.4, 0.5) is 0 Å². The van der Waals surface area contributed by atoms with E-state index in [-0.39, 0.29) is 24.4 Å². The minimum Gasteiger partial charge on any atom is -0.300 e. The van der Waals surface area contributed by atoms with E-state index in [1.807, 2.05) is 6.07 Å². The Morgan fingerprint density at radius 3 is 2.82 bits per heavy atom. The molecule has 0 bridgehead atoms. The Balaban J connectivity index is 2.19. The lowest BCUT2D eigenvalue weighted by Crippen LogP contribution is -2.08. The molecule has 2 rings (SSSR count). The summed E-state index contributed by atoms with van der Waals surface area (Å²) in [5, 5.41) is 0.940. The van der Waals surface area contributed by atoms with Gasteiger partial charge in [0.25, 0.3) is 0 Å². The number of hydrogen-bond donors (Lipinski definition) is 0. The van der Waals surface area contributed by atoms with Gasteiger partial charge in [0.15, 0.2) is 0 Å². The Morgan fingerprint density at radius 2 is 2.06 bits per heavy atom. The Hall–Kier alpha value is -2.10. The average Bonchev–Trinajstić information content (AvgIpc) is 2.27. The highest BCUT2D eigenvalue weighted by Crippen LogP contribution is 2.11. The number of rotatable bonds is 4. The molecule has 0 amide bonds. The van der Waals surface area contributed by atoms with E-state index in [4.69, 9.17) is 0 Å². The molecule has 0 atom stereocenters. The molecule has 2 aromatic rings. The second kappa shape index (κ2) is 4.82. The summed E-state index contributed by atoms with van der Waals surface area (Å²) in [6, 6.07) is 5.47. The second-order valence-corrected chi connectivity index (χ2v) is 3.97. The Bertz CT molecular complexity index is 578. The molecule has 4 heteroatoms. The van der Waals surface area contributed by atoms with Crippen molar-refractivity contribution in [3.63, 3.8) is 0 Å². The molecule has 0 aromatic carbocycles. The minimum atomic E-state index is -0.111. The fourth-order valence-electron chi connectivity index (χ4n) is 1.65. The highest BCUT2D eigenvalue weighted by molar-refractivity contribution is 5.98. The van der Waals surface area contributed by atoms with Gasteiger partial charge in [-0.25, -0.2) is 0 Å². The van der Waals surface area contributed by atoms with Crippen molar-refractivity contribution in [1.82, 2.24) is 9.97 Å².